The zero-order chi connectivity index (χ0) is 15.2. The first kappa shape index (κ1) is 15.6. The predicted molar refractivity (Wildman–Crippen MR) is 83.0 cm³/mol. The third-order valence-corrected chi connectivity index (χ3v) is 3.98. The number of rotatable bonds is 6. The van der Waals surface area contributed by atoms with Crippen molar-refractivity contribution in [1.29, 1.82) is 0 Å². The Hall–Kier alpha value is -1.79. The number of carbonyl (C=O) groups is 1. The predicted octanol–water partition coefficient (Wildman–Crippen LogP) is 2.68. The number of likely N-dealkylation sites (N-methyl/N-ethyl adjacent to an activating group) is 1. The Morgan fingerprint density at radius 2 is 2.19 bits per heavy atom. The van der Waals surface area contributed by atoms with Crippen LogP contribution in [0.2, 0.25) is 0 Å². The molecule has 112 valence electrons. The summed E-state index contributed by atoms with van der Waals surface area (Å²) < 4.78 is 13.7. The van der Waals surface area contributed by atoms with Crippen molar-refractivity contribution in [3.05, 3.63) is 41.2 Å². The van der Waals surface area contributed by atoms with Crippen LogP contribution in [-0.4, -0.2) is 30.0 Å². The van der Waals surface area contributed by atoms with Crippen molar-refractivity contribution in [3.8, 4) is 10.6 Å². The molecule has 0 saturated heterocycles. The summed E-state index contributed by atoms with van der Waals surface area (Å²) in [5.41, 5.74) is 0.419. The molecule has 1 amide bonds. The van der Waals surface area contributed by atoms with Crippen LogP contribution in [0.15, 0.2) is 30.5 Å². The molecule has 4 nitrogen and oxygen atoms in total. The van der Waals surface area contributed by atoms with E-state index in [9.17, 15) is 9.18 Å². The van der Waals surface area contributed by atoms with Crippen LogP contribution in [0.5, 0.6) is 0 Å². The molecule has 0 spiro atoms. The second kappa shape index (κ2) is 7.28. The van der Waals surface area contributed by atoms with Gasteiger partial charge in [0.15, 0.2) is 0 Å². The molecule has 0 aliphatic heterocycles. The molecule has 6 heteroatoms. The molecule has 1 aromatic carbocycles. The zero-order valence-corrected chi connectivity index (χ0v) is 12.8. The first-order valence-corrected chi connectivity index (χ1v) is 7.65. The van der Waals surface area contributed by atoms with Gasteiger partial charge < -0.3 is 10.6 Å². The number of nitrogens with one attached hydrogen (secondary N) is 2. The summed E-state index contributed by atoms with van der Waals surface area (Å²) in [6.45, 7) is 5.41. The van der Waals surface area contributed by atoms with E-state index < -0.39 is 0 Å². The molecule has 0 unspecified atom stereocenters. The van der Waals surface area contributed by atoms with Gasteiger partial charge in [0.05, 0.1) is 6.20 Å². The highest BCUT2D eigenvalue weighted by atomic mass is 32.1. The van der Waals surface area contributed by atoms with Gasteiger partial charge in [-0.2, -0.15) is 0 Å². The molecule has 2 aromatic rings. The van der Waals surface area contributed by atoms with E-state index in [1.807, 2.05) is 13.8 Å². The molecule has 2 rings (SSSR count). The highest BCUT2D eigenvalue weighted by Gasteiger charge is 2.14. The van der Waals surface area contributed by atoms with E-state index in [0.717, 1.165) is 6.54 Å². The molecule has 1 heterocycles. The number of carbonyl (C=O) groups excluding carboxylic acids is 1. The molecule has 0 bridgehead atoms. The van der Waals surface area contributed by atoms with Crippen molar-refractivity contribution < 1.29 is 9.18 Å². The van der Waals surface area contributed by atoms with E-state index in [-0.39, 0.29) is 17.8 Å². The van der Waals surface area contributed by atoms with E-state index in [4.69, 9.17) is 0 Å². The summed E-state index contributed by atoms with van der Waals surface area (Å²) in [4.78, 5) is 16.6. The number of hydrogen-bond donors (Lipinski definition) is 2. The molecular weight excluding hydrogens is 289 g/mol. The number of nitrogens with zero attached hydrogens (tertiary/aromatic N) is 1. The Kier molecular flexibility index (Phi) is 5.41. The Labute approximate surface area is 127 Å². The quantitative estimate of drug-likeness (QED) is 0.862. The average Bonchev–Trinajstić information content (AvgIpc) is 2.95. The lowest BCUT2D eigenvalue weighted by atomic mass is 10.2. The van der Waals surface area contributed by atoms with Gasteiger partial charge in [-0.3, -0.25) is 4.79 Å². The van der Waals surface area contributed by atoms with Crippen molar-refractivity contribution in [2.24, 2.45) is 0 Å². The molecule has 21 heavy (non-hydrogen) atoms. The van der Waals surface area contributed by atoms with E-state index >= 15 is 0 Å². The molecule has 1 atom stereocenters. The van der Waals surface area contributed by atoms with E-state index in [1.165, 1.54) is 23.6 Å². The summed E-state index contributed by atoms with van der Waals surface area (Å²) in [6, 6.07) is 6.62. The largest absolute Gasteiger partial charge is 0.350 e. The lowest BCUT2D eigenvalue weighted by Crippen LogP contribution is -2.38. The van der Waals surface area contributed by atoms with Gasteiger partial charge in [-0.05, 0) is 25.6 Å². The van der Waals surface area contributed by atoms with Crippen molar-refractivity contribution >= 4 is 17.2 Å². The summed E-state index contributed by atoms with van der Waals surface area (Å²) >= 11 is 1.19. The number of benzene rings is 1. The van der Waals surface area contributed by atoms with Crippen LogP contribution in [0.3, 0.4) is 0 Å². The summed E-state index contributed by atoms with van der Waals surface area (Å²) in [6.07, 6.45) is 1.49. The number of amides is 1. The Morgan fingerprint density at radius 3 is 2.90 bits per heavy atom. The fourth-order valence-electron chi connectivity index (χ4n) is 1.89. The number of thiazole rings is 1. The molecule has 2 N–H and O–H groups in total. The standard InChI is InChI=1S/C15H18FN3OS/c1-3-17-10(2)8-18-14(20)13-9-19-15(21-13)11-6-4-5-7-12(11)16/h4-7,9-10,17H,3,8H2,1-2H3,(H,18,20)/t10-/m1/s1. The Balaban J connectivity index is 2.03. The van der Waals surface area contributed by atoms with Crippen LogP contribution in [0.25, 0.3) is 10.6 Å². The molecular formula is C15H18FN3OS. The van der Waals surface area contributed by atoms with Crippen LogP contribution < -0.4 is 10.6 Å². The average molecular weight is 307 g/mol. The molecule has 0 aliphatic carbocycles. The highest BCUT2D eigenvalue weighted by molar-refractivity contribution is 7.16. The topological polar surface area (TPSA) is 54.0 Å². The van der Waals surface area contributed by atoms with Crippen molar-refractivity contribution in [2.45, 2.75) is 19.9 Å². The van der Waals surface area contributed by atoms with Gasteiger partial charge in [-0.1, -0.05) is 19.1 Å². The maximum Gasteiger partial charge on any atom is 0.263 e. The van der Waals surface area contributed by atoms with Crippen LogP contribution in [0.4, 0.5) is 4.39 Å². The van der Waals surface area contributed by atoms with Gasteiger partial charge in [0.1, 0.15) is 15.7 Å². The zero-order valence-electron chi connectivity index (χ0n) is 12.0. The van der Waals surface area contributed by atoms with Gasteiger partial charge in [0.2, 0.25) is 0 Å². The van der Waals surface area contributed by atoms with Crippen LogP contribution >= 0.6 is 11.3 Å². The van der Waals surface area contributed by atoms with E-state index in [1.54, 1.807) is 18.2 Å². The van der Waals surface area contributed by atoms with Gasteiger partial charge in [-0.15, -0.1) is 11.3 Å². The molecule has 0 fully saturated rings. The number of hydrogen-bond acceptors (Lipinski definition) is 4. The van der Waals surface area contributed by atoms with Gasteiger partial charge in [0, 0.05) is 18.2 Å². The van der Waals surface area contributed by atoms with Crippen LogP contribution in [0.1, 0.15) is 23.5 Å². The van der Waals surface area contributed by atoms with Crippen LogP contribution in [-0.2, 0) is 0 Å². The van der Waals surface area contributed by atoms with Gasteiger partial charge in [0.25, 0.3) is 5.91 Å². The van der Waals surface area contributed by atoms with Gasteiger partial charge in [-0.25, -0.2) is 9.37 Å². The lowest BCUT2D eigenvalue weighted by Gasteiger charge is -2.12. The smallest absolute Gasteiger partial charge is 0.263 e. The summed E-state index contributed by atoms with van der Waals surface area (Å²) in [5.74, 6) is -0.514. The first-order chi connectivity index (χ1) is 10.1. The van der Waals surface area contributed by atoms with Gasteiger partial charge >= 0.3 is 0 Å². The third-order valence-electron chi connectivity index (χ3n) is 2.96. The molecule has 1 aromatic heterocycles. The van der Waals surface area contributed by atoms with Crippen molar-refractivity contribution in [1.82, 2.24) is 15.6 Å². The third kappa shape index (κ3) is 4.09. The minimum atomic E-state index is -0.334. The van der Waals surface area contributed by atoms with Crippen molar-refractivity contribution in [3.63, 3.8) is 0 Å². The molecule has 0 aliphatic rings. The first-order valence-electron chi connectivity index (χ1n) is 6.84. The fraction of sp³-hybridized carbons (Fsp3) is 0.333. The second-order valence-electron chi connectivity index (χ2n) is 4.68. The SMILES string of the molecule is CCN[C@H](C)CNC(=O)c1cnc(-c2ccccc2F)s1. The van der Waals surface area contributed by atoms with E-state index in [0.29, 0.717) is 22.0 Å². The Bertz CT molecular complexity index is 614. The minimum absolute atomic E-state index is 0.181. The lowest BCUT2D eigenvalue weighted by molar-refractivity contribution is 0.0954. The van der Waals surface area contributed by atoms with E-state index in [2.05, 4.69) is 15.6 Å². The summed E-state index contributed by atoms with van der Waals surface area (Å²) in [5, 5.41) is 6.56. The normalized spacial score (nSPS) is 12.1. The number of halogens is 1. The maximum atomic E-state index is 13.7. The minimum Gasteiger partial charge on any atom is -0.350 e. The maximum absolute atomic E-state index is 13.7. The molecule has 0 radical (unpaired) electrons. The molecule has 0 saturated carbocycles. The highest BCUT2D eigenvalue weighted by Crippen LogP contribution is 2.27. The van der Waals surface area contributed by atoms with Crippen LogP contribution in [0, 0.1) is 5.82 Å². The summed E-state index contributed by atoms with van der Waals surface area (Å²) in [7, 11) is 0. The second-order valence-corrected chi connectivity index (χ2v) is 5.71. The monoisotopic (exact) mass is 307 g/mol. The Morgan fingerprint density at radius 1 is 1.43 bits per heavy atom. The number of aromatic nitrogens is 1. The fourth-order valence-corrected chi connectivity index (χ4v) is 2.75. The van der Waals surface area contributed by atoms with Crippen molar-refractivity contribution in [2.75, 3.05) is 13.1 Å².